The van der Waals surface area contributed by atoms with Crippen molar-refractivity contribution in [3.8, 4) is 11.1 Å². The van der Waals surface area contributed by atoms with Crippen molar-refractivity contribution in [3.63, 3.8) is 0 Å². The largest absolute Gasteiger partial charge is 0.433 e. The van der Waals surface area contributed by atoms with Gasteiger partial charge in [-0.15, -0.1) is 0 Å². The highest BCUT2D eigenvalue weighted by atomic mass is 19.4. The standard InChI is InChI=1S/C14H6F9N/c15-12(16,17)8-3-1-2-7(4-8)9-6-24-11(14(21,22)23)5-10(9)13(18,19)20/h1-6H. The van der Waals surface area contributed by atoms with Gasteiger partial charge in [0.15, 0.2) is 0 Å². The van der Waals surface area contributed by atoms with Crippen molar-refractivity contribution in [2.75, 3.05) is 0 Å². The smallest absolute Gasteiger partial charge is 0.251 e. The Hall–Kier alpha value is -2.26. The van der Waals surface area contributed by atoms with E-state index in [4.69, 9.17) is 0 Å². The van der Waals surface area contributed by atoms with E-state index in [1.807, 2.05) is 0 Å². The summed E-state index contributed by atoms with van der Waals surface area (Å²) in [6.07, 6.45) is -14.9. The van der Waals surface area contributed by atoms with Crippen LogP contribution in [-0.4, -0.2) is 4.98 Å². The number of hydrogen-bond donors (Lipinski definition) is 0. The van der Waals surface area contributed by atoms with Crippen LogP contribution in [0.4, 0.5) is 39.5 Å². The molecule has 0 spiro atoms. The molecule has 0 radical (unpaired) electrons. The first kappa shape index (κ1) is 18.1. The number of pyridine rings is 1. The summed E-state index contributed by atoms with van der Waals surface area (Å²) in [6.45, 7) is 0. The van der Waals surface area contributed by atoms with Gasteiger partial charge in [0.05, 0.1) is 11.1 Å². The van der Waals surface area contributed by atoms with E-state index in [-0.39, 0.29) is 12.3 Å². The Morgan fingerprint density at radius 1 is 0.708 bits per heavy atom. The first-order chi connectivity index (χ1) is 10.8. The molecule has 10 heteroatoms. The quantitative estimate of drug-likeness (QED) is 0.586. The molecule has 0 atom stereocenters. The highest BCUT2D eigenvalue weighted by Crippen LogP contribution is 2.41. The van der Waals surface area contributed by atoms with Gasteiger partial charge in [-0.05, 0) is 23.8 Å². The number of halogens is 9. The van der Waals surface area contributed by atoms with Gasteiger partial charge in [0, 0.05) is 11.8 Å². The molecular weight excluding hydrogens is 353 g/mol. The van der Waals surface area contributed by atoms with Crippen LogP contribution in [0.1, 0.15) is 16.8 Å². The molecular formula is C14H6F9N. The van der Waals surface area contributed by atoms with Gasteiger partial charge in [-0.2, -0.15) is 39.5 Å². The van der Waals surface area contributed by atoms with E-state index in [1.165, 1.54) is 0 Å². The minimum atomic E-state index is -5.20. The second kappa shape index (κ2) is 5.67. The van der Waals surface area contributed by atoms with Crippen molar-refractivity contribution in [3.05, 3.63) is 53.3 Å². The first-order valence-electron chi connectivity index (χ1n) is 6.12. The number of hydrogen-bond acceptors (Lipinski definition) is 1. The molecule has 1 aromatic heterocycles. The van der Waals surface area contributed by atoms with Crippen LogP contribution < -0.4 is 0 Å². The number of alkyl halides is 9. The molecule has 24 heavy (non-hydrogen) atoms. The minimum absolute atomic E-state index is 0.227. The molecule has 0 fully saturated rings. The van der Waals surface area contributed by atoms with E-state index in [9.17, 15) is 39.5 Å². The maximum atomic E-state index is 13.0. The van der Waals surface area contributed by atoms with Gasteiger partial charge in [0.25, 0.3) is 0 Å². The van der Waals surface area contributed by atoms with Gasteiger partial charge in [-0.1, -0.05) is 12.1 Å². The minimum Gasteiger partial charge on any atom is -0.251 e. The van der Waals surface area contributed by atoms with E-state index in [0.717, 1.165) is 12.1 Å². The topological polar surface area (TPSA) is 12.9 Å². The van der Waals surface area contributed by atoms with Crippen LogP contribution in [0.15, 0.2) is 36.5 Å². The highest BCUT2D eigenvalue weighted by molar-refractivity contribution is 5.68. The lowest BCUT2D eigenvalue weighted by molar-refractivity contribution is -0.145. The summed E-state index contributed by atoms with van der Waals surface area (Å²) in [5, 5.41) is 0. The van der Waals surface area contributed by atoms with E-state index in [1.54, 1.807) is 0 Å². The summed E-state index contributed by atoms with van der Waals surface area (Å²) in [4.78, 5) is 2.89. The van der Waals surface area contributed by atoms with Crippen molar-refractivity contribution < 1.29 is 39.5 Å². The fourth-order valence-corrected chi connectivity index (χ4v) is 1.94. The third kappa shape index (κ3) is 3.80. The molecule has 0 amide bonds. The van der Waals surface area contributed by atoms with E-state index in [0.29, 0.717) is 12.1 Å². The predicted octanol–water partition coefficient (Wildman–Crippen LogP) is 5.81. The van der Waals surface area contributed by atoms with Crippen LogP contribution in [0.2, 0.25) is 0 Å². The Balaban J connectivity index is 2.67. The van der Waals surface area contributed by atoms with Crippen LogP contribution >= 0.6 is 0 Å². The number of nitrogens with zero attached hydrogens (tertiary/aromatic N) is 1. The summed E-state index contributed by atoms with van der Waals surface area (Å²) in [7, 11) is 0. The van der Waals surface area contributed by atoms with Gasteiger partial charge in [-0.25, -0.2) is 0 Å². The van der Waals surface area contributed by atoms with Crippen LogP contribution in [0.25, 0.3) is 11.1 Å². The maximum absolute atomic E-state index is 13.0. The Morgan fingerprint density at radius 3 is 1.83 bits per heavy atom. The summed E-state index contributed by atoms with van der Waals surface area (Å²) >= 11 is 0. The predicted molar refractivity (Wildman–Crippen MR) is 64.7 cm³/mol. The van der Waals surface area contributed by atoms with E-state index < -0.39 is 46.5 Å². The average molecular weight is 359 g/mol. The van der Waals surface area contributed by atoms with Crippen molar-refractivity contribution >= 4 is 0 Å². The molecule has 0 bridgehead atoms. The molecule has 1 heterocycles. The summed E-state index contributed by atoms with van der Waals surface area (Å²) < 4.78 is 115. The second-order valence-corrected chi connectivity index (χ2v) is 4.69. The summed E-state index contributed by atoms with van der Waals surface area (Å²) in [5.74, 6) is 0. The third-order valence-electron chi connectivity index (χ3n) is 3.00. The maximum Gasteiger partial charge on any atom is 0.433 e. The number of rotatable bonds is 1. The van der Waals surface area contributed by atoms with E-state index in [2.05, 4.69) is 4.98 Å². The van der Waals surface area contributed by atoms with Gasteiger partial charge in [0.1, 0.15) is 5.69 Å². The monoisotopic (exact) mass is 359 g/mol. The van der Waals surface area contributed by atoms with Crippen molar-refractivity contribution in [1.29, 1.82) is 0 Å². The van der Waals surface area contributed by atoms with Crippen LogP contribution in [0.5, 0.6) is 0 Å². The highest BCUT2D eigenvalue weighted by Gasteiger charge is 2.40. The number of benzene rings is 1. The second-order valence-electron chi connectivity index (χ2n) is 4.69. The Morgan fingerprint density at radius 2 is 1.33 bits per heavy atom. The molecule has 0 aliphatic carbocycles. The lowest BCUT2D eigenvalue weighted by Crippen LogP contribution is -2.14. The molecule has 0 unspecified atom stereocenters. The van der Waals surface area contributed by atoms with Gasteiger partial charge in [-0.3, -0.25) is 4.98 Å². The normalized spacial score (nSPS) is 13.2. The molecule has 2 aromatic rings. The summed E-state index contributed by atoms with van der Waals surface area (Å²) in [6, 6.07) is 2.61. The lowest BCUT2D eigenvalue weighted by atomic mass is 9.98. The zero-order valence-electron chi connectivity index (χ0n) is 11.3. The van der Waals surface area contributed by atoms with Crippen molar-refractivity contribution in [2.24, 2.45) is 0 Å². The summed E-state index contributed by atoms with van der Waals surface area (Å²) in [5.41, 5.74) is -6.15. The lowest BCUT2D eigenvalue weighted by Gasteiger charge is -2.16. The fourth-order valence-electron chi connectivity index (χ4n) is 1.94. The molecule has 0 saturated heterocycles. The van der Waals surface area contributed by atoms with Gasteiger partial charge >= 0.3 is 18.5 Å². The Kier molecular flexibility index (Phi) is 4.28. The zero-order chi connectivity index (χ0) is 18.3. The van der Waals surface area contributed by atoms with E-state index >= 15 is 0 Å². The molecule has 2 rings (SSSR count). The molecule has 1 nitrogen and oxygen atoms in total. The van der Waals surface area contributed by atoms with Gasteiger partial charge in [0.2, 0.25) is 0 Å². The molecule has 0 saturated carbocycles. The average Bonchev–Trinajstić information content (AvgIpc) is 2.44. The Bertz CT molecular complexity index is 741. The molecule has 0 N–H and O–H groups in total. The third-order valence-corrected chi connectivity index (χ3v) is 3.00. The van der Waals surface area contributed by atoms with Crippen LogP contribution in [-0.2, 0) is 18.5 Å². The van der Waals surface area contributed by atoms with Crippen LogP contribution in [0, 0.1) is 0 Å². The first-order valence-corrected chi connectivity index (χ1v) is 6.12. The fraction of sp³-hybridized carbons (Fsp3) is 0.214. The van der Waals surface area contributed by atoms with Crippen molar-refractivity contribution in [2.45, 2.75) is 18.5 Å². The zero-order valence-corrected chi connectivity index (χ0v) is 11.3. The van der Waals surface area contributed by atoms with Gasteiger partial charge < -0.3 is 0 Å². The number of aromatic nitrogens is 1. The van der Waals surface area contributed by atoms with Crippen LogP contribution in [0.3, 0.4) is 0 Å². The Labute approximate surface area is 128 Å². The molecule has 130 valence electrons. The molecule has 0 aliphatic rings. The molecule has 0 aliphatic heterocycles. The molecule has 1 aromatic carbocycles. The van der Waals surface area contributed by atoms with Crippen molar-refractivity contribution in [1.82, 2.24) is 4.98 Å². The SMILES string of the molecule is FC(F)(F)c1cccc(-c2cnc(C(F)(F)F)cc2C(F)(F)F)c1.